The molecule has 0 saturated carbocycles. The van der Waals surface area contributed by atoms with Gasteiger partial charge in [-0.05, 0) is 32.6 Å². The summed E-state index contributed by atoms with van der Waals surface area (Å²) in [6.07, 6.45) is 6.15. The number of aryl methyl sites for hydroxylation is 2. The Balaban J connectivity index is 2.18. The van der Waals surface area contributed by atoms with E-state index in [1.807, 2.05) is 26.4 Å². The van der Waals surface area contributed by atoms with Gasteiger partial charge in [-0.1, -0.05) is 13.8 Å². The van der Waals surface area contributed by atoms with Crippen LogP contribution in [0.5, 0.6) is 0 Å². The van der Waals surface area contributed by atoms with Gasteiger partial charge >= 0.3 is 0 Å². The summed E-state index contributed by atoms with van der Waals surface area (Å²) in [4.78, 5) is 8.48. The molecule has 0 aromatic carbocycles. The van der Waals surface area contributed by atoms with E-state index in [9.17, 15) is 0 Å². The molecule has 1 atom stereocenters. The first-order chi connectivity index (χ1) is 9.54. The Kier molecular flexibility index (Phi) is 7.12. The van der Waals surface area contributed by atoms with Crippen LogP contribution in [-0.4, -0.2) is 35.1 Å². The molecule has 0 bridgehead atoms. The number of nitrogens with zero attached hydrogens (tertiary/aromatic N) is 3. The van der Waals surface area contributed by atoms with Gasteiger partial charge in [-0.25, -0.2) is 4.98 Å². The normalized spacial score (nSPS) is 13.6. The molecule has 0 aliphatic carbocycles. The SMILES string of the molecule is CN=C(NCCCCn1ccnc1C)NC(C)C(C)C. The Morgan fingerprint density at radius 1 is 1.35 bits per heavy atom. The highest BCUT2D eigenvalue weighted by Gasteiger charge is 2.08. The molecule has 5 nitrogen and oxygen atoms in total. The van der Waals surface area contributed by atoms with Crippen molar-refractivity contribution in [2.75, 3.05) is 13.6 Å². The van der Waals surface area contributed by atoms with E-state index in [2.05, 4.69) is 45.9 Å². The fourth-order valence-electron chi connectivity index (χ4n) is 1.83. The molecule has 114 valence electrons. The van der Waals surface area contributed by atoms with E-state index in [0.29, 0.717) is 12.0 Å². The van der Waals surface area contributed by atoms with Crippen LogP contribution in [0, 0.1) is 12.8 Å². The lowest BCUT2D eigenvalue weighted by Gasteiger charge is -2.20. The average Bonchev–Trinajstić information content (AvgIpc) is 2.82. The third-order valence-electron chi connectivity index (χ3n) is 3.63. The molecule has 0 amide bonds. The van der Waals surface area contributed by atoms with Gasteiger partial charge in [-0.15, -0.1) is 0 Å². The summed E-state index contributed by atoms with van der Waals surface area (Å²) in [5.74, 6) is 2.57. The topological polar surface area (TPSA) is 54.2 Å². The predicted octanol–water partition coefficient (Wildman–Crippen LogP) is 2.18. The highest BCUT2D eigenvalue weighted by Crippen LogP contribution is 2.00. The largest absolute Gasteiger partial charge is 0.356 e. The van der Waals surface area contributed by atoms with Crippen molar-refractivity contribution in [2.24, 2.45) is 10.9 Å². The molecule has 0 aliphatic heterocycles. The molecule has 1 unspecified atom stereocenters. The molecule has 0 spiro atoms. The molecule has 1 aromatic heterocycles. The first-order valence-corrected chi connectivity index (χ1v) is 7.49. The summed E-state index contributed by atoms with van der Waals surface area (Å²) in [6, 6.07) is 0.426. The van der Waals surface area contributed by atoms with E-state index in [1.54, 1.807) is 0 Å². The highest BCUT2D eigenvalue weighted by molar-refractivity contribution is 5.79. The molecule has 1 aromatic rings. The van der Waals surface area contributed by atoms with Gasteiger partial charge in [0.15, 0.2) is 5.96 Å². The molecule has 20 heavy (non-hydrogen) atoms. The van der Waals surface area contributed by atoms with Gasteiger partial charge in [-0.2, -0.15) is 0 Å². The fourth-order valence-corrected chi connectivity index (χ4v) is 1.83. The number of unbranched alkanes of at least 4 members (excludes halogenated alkanes) is 1. The van der Waals surface area contributed by atoms with Crippen molar-refractivity contribution in [3.63, 3.8) is 0 Å². The summed E-state index contributed by atoms with van der Waals surface area (Å²) in [5.41, 5.74) is 0. The van der Waals surface area contributed by atoms with E-state index in [1.165, 1.54) is 0 Å². The van der Waals surface area contributed by atoms with E-state index in [0.717, 1.165) is 37.7 Å². The van der Waals surface area contributed by atoms with Gasteiger partial charge < -0.3 is 15.2 Å². The van der Waals surface area contributed by atoms with Crippen LogP contribution in [0.1, 0.15) is 39.4 Å². The lowest BCUT2D eigenvalue weighted by molar-refractivity contribution is 0.479. The number of hydrogen-bond acceptors (Lipinski definition) is 2. The summed E-state index contributed by atoms with van der Waals surface area (Å²) in [7, 11) is 1.82. The number of nitrogens with one attached hydrogen (secondary N) is 2. The van der Waals surface area contributed by atoms with Gasteiger partial charge in [0.2, 0.25) is 0 Å². The summed E-state index contributed by atoms with van der Waals surface area (Å²) >= 11 is 0. The van der Waals surface area contributed by atoms with Crippen LogP contribution >= 0.6 is 0 Å². The first-order valence-electron chi connectivity index (χ1n) is 7.49. The van der Waals surface area contributed by atoms with Crippen LogP contribution in [0.4, 0.5) is 0 Å². The fraction of sp³-hybridized carbons (Fsp3) is 0.733. The number of rotatable bonds is 7. The Labute approximate surface area is 122 Å². The third kappa shape index (κ3) is 5.63. The maximum atomic E-state index is 4.25. The zero-order chi connectivity index (χ0) is 15.0. The molecule has 0 fully saturated rings. The van der Waals surface area contributed by atoms with Crippen molar-refractivity contribution in [3.05, 3.63) is 18.2 Å². The molecule has 1 heterocycles. The Morgan fingerprint density at radius 3 is 2.65 bits per heavy atom. The lowest BCUT2D eigenvalue weighted by atomic mass is 10.1. The predicted molar refractivity (Wildman–Crippen MR) is 85.0 cm³/mol. The van der Waals surface area contributed by atoms with Crippen LogP contribution < -0.4 is 10.6 Å². The molecule has 0 radical (unpaired) electrons. The Morgan fingerprint density at radius 2 is 2.10 bits per heavy atom. The monoisotopic (exact) mass is 279 g/mol. The van der Waals surface area contributed by atoms with Crippen molar-refractivity contribution >= 4 is 5.96 Å². The minimum atomic E-state index is 0.426. The first kappa shape index (κ1) is 16.5. The van der Waals surface area contributed by atoms with E-state index < -0.39 is 0 Å². The highest BCUT2D eigenvalue weighted by atomic mass is 15.2. The average molecular weight is 279 g/mol. The molecule has 0 saturated heterocycles. The second-order valence-electron chi connectivity index (χ2n) is 5.55. The number of aromatic nitrogens is 2. The van der Waals surface area contributed by atoms with E-state index in [4.69, 9.17) is 0 Å². The number of imidazole rings is 1. The zero-order valence-electron chi connectivity index (χ0n) is 13.5. The second kappa shape index (κ2) is 8.61. The maximum Gasteiger partial charge on any atom is 0.191 e. The maximum absolute atomic E-state index is 4.25. The number of aliphatic imine (C=N–C) groups is 1. The van der Waals surface area contributed by atoms with Gasteiger partial charge in [0.1, 0.15) is 5.82 Å². The summed E-state index contributed by atoms with van der Waals surface area (Å²) < 4.78 is 2.19. The molecular formula is C15H29N5. The molecule has 1 rings (SSSR count). The quantitative estimate of drug-likeness (QED) is 0.457. The van der Waals surface area contributed by atoms with Gasteiger partial charge in [0.05, 0.1) is 0 Å². The Bertz CT molecular complexity index is 408. The van der Waals surface area contributed by atoms with Crippen LogP contribution in [0.15, 0.2) is 17.4 Å². The minimum Gasteiger partial charge on any atom is -0.356 e. The van der Waals surface area contributed by atoms with Crippen molar-refractivity contribution in [3.8, 4) is 0 Å². The Hall–Kier alpha value is -1.52. The minimum absolute atomic E-state index is 0.426. The van der Waals surface area contributed by atoms with Gasteiger partial charge in [0, 0.05) is 38.6 Å². The number of hydrogen-bond donors (Lipinski definition) is 2. The zero-order valence-corrected chi connectivity index (χ0v) is 13.5. The van der Waals surface area contributed by atoms with Crippen LogP contribution in [0.2, 0.25) is 0 Å². The van der Waals surface area contributed by atoms with Crippen molar-refractivity contribution in [1.82, 2.24) is 20.2 Å². The number of guanidine groups is 1. The van der Waals surface area contributed by atoms with Crippen molar-refractivity contribution in [1.29, 1.82) is 0 Å². The van der Waals surface area contributed by atoms with Crippen LogP contribution in [0.25, 0.3) is 0 Å². The summed E-state index contributed by atoms with van der Waals surface area (Å²) in [6.45, 7) is 10.6. The van der Waals surface area contributed by atoms with Crippen LogP contribution in [-0.2, 0) is 6.54 Å². The van der Waals surface area contributed by atoms with Crippen LogP contribution in [0.3, 0.4) is 0 Å². The molecule has 2 N–H and O–H groups in total. The smallest absolute Gasteiger partial charge is 0.191 e. The van der Waals surface area contributed by atoms with Crippen molar-refractivity contribution in [2.45, 2.75) is 53.1 Å². The summed E-state index contributed by atoms with van der Waals surface area (Å²) in [5, 5.41) is 6.77. The third-order valence-corrected chi connectivity index (χ3v) is 3.63. The molecule has 0 aliphatic rings. The van der Waals surface area contributed by atoms with Gasteiger partial charge in [0.25, 0.3) is 0 Å². The standard InChI is InChI=1S/C15H29N5/c1-12(2)13(3)19-15(16-5)18-8-6-7-10-20-11-9-17-14(20)4/h9,11-13H,6-8,10H2,1-5H3,(H2,16,18,19). The lowest BCUT2D eigenvalue weighted by Crippen LogP contribution is -2.44. The molecule has 5 heteroatoms. The molecular weight excluding hydrogens is 250 g/mol. The van der Waals surface area contributed by atoms with E-state index in [-0.39, 0.29) is 0 Å². The van der Waals surface area contributed by atoms with Crippen molar-refractivity contribution < 1.29 is 0 Å². The van der Waals surface area contributed by atoms with Gasteiger partial charge in [-0.3, -0.25) is 4.99 Å². The second-order valence-corrected chi connectivity index (χ2v) is 5.55. The van der Waals surface area contributed by atoms with E-state index >= 15 is 0 Å².